The number of ether oxygens (including phenoxy) is 1. The van der Waals surface area contributed by atoms with Crippen LogP contribution in [0.25, 0.3) is 6.08 Å². The Hall–Kier alpha value is -2.85. The Morgan fingerprint density at radius 1 is 1.11 bits per heavy atom. The van der Waals surface area contributed by atoms with Gasteiger partial charge in [-0.2, -0.15) is 5.10 Å². The van der Waals surface area contributed by atoms with Crippen molar-refractivity contribution in [1.82, 2.24) is 9.78 Å². The van der Waals surface area contributed by atoms with Crippen molar-refractivity contribution < 1.29 is 9.53 Å². The van der Waals surface area contributed by atoms with Crippen LogP contribution in [0.15, 0.2) is 54.6 Å². The lowest BCUT2D eigenvalue weighted by molar-refractivity contribution is -0.138. The molecule has 0 bridgehead atoms. The molecule has 0 unspecified atom stereocenters. The molecule has 0 N–H and O–H groups in total. The topological polar surface area (TPSA) is 44.1 Å². The monoisotopic (exact) mass is 394 g/mol. The van der Waals surface area contributed by atoms with Crippen LogP contribution >= 0.6 is 11.6 Å². The maximum atomic E-state index is 12.1. The van der Waals surface area contributed by atoms with Gasteiger partial charge in [-0.1, -0.05) is 59.6 Å². The zero-order valence-corrected chi connectivity index (χ0v) is 17.0. The van der Waals surface area contributed by atoms with Gasteiger partial charge in [-0.15, -0.1) is 0 Å². The van der Waals surface area contributed by atoms with Gasteiger partial charge in [0.25, 0.3) is 0 Å². The maximum Gasteiger partial charge on any atom is 0.331 e. The van der Waals surface area contributed by atoms with Gasteiger partial charge in [0.15, 0.2) is 0 Å². The summed E-state index contributed by atoms with van der Waals surface area (Å²) in [7, 11) is 0. The van der Waals surface area contributed by atoms with E-state index in [0.717, 1.165) is 28.1 Å². The lowest BCUT2D eigenvalue weighted by Gasteiger charge is -2.06. The van der Waals surface area contributed by atoms with Crippen LogP contribution in [0.5, 0.6) is 0 Å². The molecule has 0 aliphatic heterocycles. The van der Waals surface area contributed by atoms with Crippen LogP contribution in [0.2, 0.25) is 5.02 Å². The van der Waals surface area contributed by atoms with Crippen molar-refractivity contribution in [2.45, 2.75) is 33.9 Å². The van der Waals surface area contributed by atoms with E-state index in [0.29, 0.717) is 11.6 Å². The summed E-state index contributed by atoms with van der Waals surface area (Å²) in [5, 5.41) is 5.30. The number of aromatic nitrogens is 2. The fourth-order valence-corrected chi connectivity index (χ4v) is 3.13. The number of carbonyl (C=O) groups excluding carboxylic acids is 1. The third kappa shape index (κ3) is 4.90. The van der Waals surface area contributed by atoms with Crippen molar-refractivity contribution in [3.8, 4) is 0 Å². The molecule has 0 amide bonds. The van der Waals surface area contributed by atoms with Crippen molar-refractivity contribution in [3.63, 3.8) is 0 Å². The Morgan fingerprint density at radius 2 is 1.82 bits per heavy atom. The summed E-state index contributed by atoms with van der Waals surface area (Å²) >= 11 is 6.25. The second-order valence-electron chi connectivity index (χ2n) is 6.76. The average molecular weight is 395 g/mol. The number of aryl methyl sites for hydroxylation is 2. The highest BCUT2D eigenvalue weighted by molar-refractivity contribution is 6.31. The fraction of sp³-hybridized carbons (Fsp3) is 0.217. The van der Waals surface area contributed by atoms with Crippen molar-refractivity contribution in [2.24, 2.45) is 0 Å². The van der Waals surface area contributed by atoms with Crippen LogP contribution in [0.4, 0.5) is 0 Å². The molecule has 0 fully saturated rings. The highest BCUT2D eigenvalue weighted by Gasteiger charge is 2.11. The van der Waals surface area contributed by atoms with Gasteiger partial charge in [-0.3, -0.25) is 4.68 Å². The number of carbonyl (C=O) groups is 1. The third-order valence-electron chi connectivity index (χ3n) is 4.60. The normalized spacial score (nSPS) is 11.1. The summed E-state index contributed by atoms with van der Waals surface area (Å²) in [5.41, 5.74) is 5.89. The number of benzene rings is 2. The maximum absolute atomic E-state index is 12.1. The third-order valence-corrected chi connectivity index (χ3v) is 4.97. The van der Waals surface area contributed by atoms with Gasteiger partial charge in [0.05, 0.1) is 12.2 Å². The van der Waals surface area contributed by atoms with Crippen LogP contribution in [-0.4, -0.2) is 15.7 Å². The number of nitrogens with zero attached hydrogens (tertiary/aromatic N) is 2. The molecule has 0 radical (unpaired) electrons. The van der Waals surface area contributed by atoms with E-state index in [1.54, 1.807) is 6.08 Å². The minimum atomic E-state index is -0.377. The minimum Gasteiger partial charge on any atom is -0.458 e. The van der Waals surface area contributed by atoms with Gasteiger partial charge < -0.3 is 4.74 Å². The number of rotatable bonds is 6. The summed E-state index contributed by atoms with van der Waals surface area (Å²) in [6.45, 7) is 6.77. The molecule has 0 saturated heterocycles. The van der Waals surface area contributed by atoms with Gasteiger partial charge in [-0.05, 0) is 44.0 Å². The highest BCUT2D eigenvalue weighted by Crippen LogP contribution is 2.20. The second-order valence-corrected chi connectivity index (χ2v) is 7.17. The first kappa shape index (κ1) is 19.9. The molecule has 0 saturated carbocycles. The summed E-state index contributed by atoms with van der Waals surface area (Å²) in [5.74, 6) is -0.377. The molecule has 144 valence electrons. The molecule has 3 aromatic rings. The number of hydrogen-bond donors (Lipinski definition) is 0. The smallest absolute Gasteiger partial charge is 0.331 e. The van der Waals surface area contributed by atoms with Crippen molar-refractivity contribution in [1.29, 1.82) is 0 Å². The molecule has 3 rings (SSSR count). The van der Waals surface area contributed by atoms with Crippen molar-refractivity contribution >= 4 is 23.6 Å². The van der Waals surface area contributed by atoms with E-state index >= 15 is 0 Å². The van der Waals surface area contributed by atoms with Crippen molar-refractivity contribution in [3.05, 3.63) is 93.3 Å². The lowest BCUT2D eigenvalue weighted by atomic mass is 10.1. The van der Waals surface area contributed by atoms with Crippen LogP contribution in [-0.2, 0) is 22.7 Å². The molecular formula is C23H23ClN2O2. The molecule has 28 heavy (non-hydrogen) atoms. The van der Waals surface area contributed by atoms with Gasteiger partial charge in [0, 0.05) is 22.4 Å². The second kappa shape index (κ2) is 8.89. The SMILES string of the molecule is Cc1ccc(COC(=O)/C=C/c2c(C)nn(Cc3ccccc3Cl)c2C)cc1. The molecule has 0 spiro atoms. The van der Waals surface area contributed by atoms with E-state index < -0.39 is 0 Å². The minimum absolute atomic E-state index is 0.257. The Labute approximate surface area is 170 Å². The zero-order valence-electron chi connectivity index (χ0n) is 16.3. The summed E-state index contributed by atoms with van der Waals surface area (Å²) in [6, 6.07) is 15.6. The Kier molecular flexibility index (Phi) is 6.32. The van der Waals surface area contributed by atoms with E-state index in [2.05, 4.69) is 5.10 Å². The van der Waals surface area contributed by atoms with E-state index in [1.807, 2.05) is 74.0 Å². The van der Waals surface area contributed by atoms with E-state index in [9.17, 15) is 4.79 Å². The number of hydrogen-bond acceptors (Lipinski definition) is 3. The highest BCUT2D eigenvalue weighted by atomic mass is 35.5. The standard InChI is InChI=1S/C23H23ClN2O2/c1-16-8-10-19(11-9-16)15-28-23(27)13-12-21-17(2)25-26(18(21)3)14-20-6-4-5-7-22(20)24/h4-13H,14-15H2,1-3H3/b13-12+. The summed E-state index contributed by atoms with van der Waals surface area (Å²) < 4.78 is 7.21. The van der Waals surface area contributed by atoms with Crippen LogP contribution in [0.3, 0.4) is 0 Å². The zero-order chi connectivity index (χ0) is 20.1. The average Bonchev–Trinajstić information content (AvgIpc) is 2.94. The Bertz CT molecular complexity index is 1000. The molecule has 1 heterocycles. The predicted molar refractivity (Wildman–Crippen MR) is 112 cm³/mol. The van der Waals surface area contributed by atoms with E-state index in [1.165, 1.54) is 11.6 Å². The van der Waals surface area contributed by atoms with Crippen LogP contribution < -0.4 is 0 Å². The Balaban J connectivity index is 1.66. The molecule has 0 atom stereocenters. The Morgan fingerprint density at radius 3 is 2.54 bits per heavy atom. The number of esters is 1. The quantitative estimate of drug-likeness (QED) is 0.422. The van der Waals surface area contributed by atoms with Crippen LogP contribution in [0, 0.1) is 20.8 Å². The molecule has 0 aliphatic rings. The molecule has 2 aromatic carbocycles. The van der Waals surface area contributed by atoms with E-state index in [-0.39, 0.29) is 12.6 Å². The van der Waals surface area contributed by atoms with Crippen molar-refractivity contribution in [2.75, 3.05) is 0 Å². The van der Waals surface area contributed by atoms with Gasteiger partial charge in [0.1, 0.15) is 6.61 Å². The molecule has 4 nitrogen and oxygen atoms in total. The van der Waals surface area contributed by atoms with Gasteiger partial charge in [0.2, 0.25) is 0 Å². The fourth-order valence-electron chi connectivity index (χ4n) is 2.93. The van der Waals surface area contributed by atoms with Gasteiger partial charge in [-0.25, -0.2) is 4.79 Å². The van der Waals surface area contributed by atoms with Gasteiger partial charge >= 0.3 is 5.97 Å². The number of halogens is 1. The predicted octanol–water partition coefficient (Wildman–Crippen LogP) is 5.27. The van der Waals surface area contributed by atoms with E-state index in [4.69, 9.17) is 16.3 Å². The molecular weight excluding hydrogens is 372 g/mol. The molecule has 5 heteroatoms. The lowest BCUT2D eigenvalue weighted by Crippen LogP contribution is -2.04. The first-order valence-electron chi connectivity index (χ1n) is 9.12. The van der Waals surface area contributed by atoms with Crippen LogP contribution in [0.1, 0.15) is 33.6 Å². The summed E-state index contributed by atoms with van der Waals surface area (Å²) in [4.78, 5) is 12.1. The summed E-state index contributed by atoms with van der Waals surface area (Å²) in [6.07, 6.45) is 3.21. The first-order chi connectivity index (χ1) is 13.4. The molecule has 1 aromatic heterocycles. The largest absolute Gasteiger partial charge is 0.458 e. The first-order valence-corrected chi connectivity index (χ1v) is 9.49. The molecule has 0 aliphatic carbocycles.